The maximum atomic E-state index is 10.7. The van der Waals surface area contributed by atoms with Crippen LogP contribution >= 0.6 is 0 Å². The third-order valence-corrected chi connectivity index (χ3v) is 3.63. The summed E-state index contributed by atoms with van der Waals surface area (Å²) in [6.07, 6.45) is 7.12. The van der Waals surface area contributed by atoms with Crippen molar-refractivity contribution in [1.29, 1.82) is 0 Å². The van der Waals surface area contributed by atoms with E-state index in [0.717, 1.165) is 29.4 Å². The van der Waals surface area contributed by atoms with Gasteiger partial charge in [0.25, 0.3) is 0 Å². The molecule has 0 saturated heterocycles. The van der Waals surface area contributed by atoms with Crippen LogP contribution in [0.3, 0.4) is 0 Å². The first-order chi connectivity index (χ1) is 11.1. The van der Waals surface area contributed by atoms with Gasteiger partial charge in [0.2, 0.25) is 0 Å². The first kappa shape index (κ1) is 16.7. The third kappa shape index (κ3) is 5.22. The Morgan fingerprint density at radius 2 is 2.00 bits per heavy atom. The Balaban J connectivity index is 2.00. The van der Waals surface area contributed by atoms with Gasteiger partial charge in [-0.25, -0.2) is 0 Å². The van der Waals surface area contributed by atoms with Crippen LogP contribution in [0.25, 0.3) is 10.9 Å². The average Bonchev–Trinajstić information content (AvgIpc) is 2.56. The first-order valence-corrected chi connectivity index (χ1v) is 7.63. The summed E-state index contributed by atoms with van der Waals surface area (Å²) >= 11 is 0. The van der Waals surface area contributed by atoms with Crippen LogP contribution in [-0.4, -0.2) is 16.1 Å². The number of aliphatic carboxylic acids is 1. The highest BCUT2D eigenvalue weighted by Gasteiger charge is 2.00. The van der Waals surface area contributed by atoms with Crippen LogP contribution in [0.1, 0.15) is 25.5 Å². The Morgan fingerprint density at radius 3 is 2.74 bits per heavy atom. The smallest absolute Gasteiger partial charge is 0.307 e. The van der Waals surface area contributed by atoms with E-state index in [1.54, 1.807) is 6.08 Å². The molecule has 3 heteroatoms. The van der Waals surface area contributed by atoms with E-state index in [9.17, 15) is 4.79 Å². The van der Waals surface area contributed by atoms with E-state index in [2.05, 4.69) is 29.8 Å². The van der Waals surface area contributed by atoms with Gasteiger partial charge in [-0.3, -0.25) is 9.78 Å². The molecule has 3 nitrogen and oxygen atoms in total. The summed E-state index contributed by atoms with van der Waals surface area (Å²) in [6.45, 7) is 5.68. The van der Waals surface area contributed by atoms with E-state index in [1.165, 1.54) is 5.57 Å². The lowest BCUT2D eigenvalue weighted by molar-refractivity contribution is -0.136. The predicted molar refractivity (Wildman–Crippen MR) is 94.4 cm³/mol. The first-order valence-electron chi connectivity index (χ1n) is 7.63. The number of hydrogen-bond donors (Lipinski definition) is 1. The van der Waals surface area contributed by atoms with Crippen molar-refractivity contribution in [3.63, 3.8) is 0 Å². The van der Waals surface area contributed by atoms with Gasteiger partial charge in [0.1, 0.15) is 0 Å². The summed E-state index contributed by atoms with van der Waals surface area (Å²) in [5, 5.41) is 9.95. The number of aryl methyl sites for hydroxylation is 1. The van der Waals surface area contributed by atoms with Crippen molar-refractivity contribution in [2.45, 2.75) is 26.2 Å². The number of fused-ring (bicyclic) bond motifs is 1. The van der Waals surface area contributed by atoms with Crippen molar-refractivity contribution in [2.24, 2.45) is 0 Å². The van der Waals surface area contributed by atoms with Crippen molar-refractivity contribution in [2.75, 3.05) is 0 Å². The van der Waals surface area contributed by atoms with E-state index in [-0.39, 0.29) is 6.42 Å². The molecule has 0 amide bonds. The largest absolute Gasteiger partial charge is 0.481 e. The Hall–Kier alpha value is -2.68. The van der Waals surface area contributed by atoms with Crippen LogP contribution in [0.2, 0.25) is 0 Å². The predicted octanol–water partition coefficient (Wildman–Crippen LogP) is 4.70. The molecule has 0 aliphatic heterocycles. The molecule has 0 fully saturated rings. The number of carboxylic acids is 1. The fraction of sp³-hybridized carbons (Fsp3) is 0.200. The maximum absolute atomic E-state index is 10.7. The van der Waals surface area contributed by atoms with Crippen molar-refractivity contribution < 1.29 is 9.90 Å². The minimum atomic E-state index is -0.845. The van der Waals surface area contributed by atoms with Gasteiger partial charge in [-0.2, -0.15) is 0 Å². The van der Waals surface area contributed by atoms with Gasteiger partial charge >= 0.3 is 5.97 Å². The molecule has 2 rings (SSSR count). The fourth-order valence-corrected chi connectivity index (χ4v) is 2.28. The molecule has 0 saturated carbocycles. The van der Waals surface area contributed by atoms with Crippen LogP contribution in [0.4, 0.5) is 0 Å². The Morgan fingerprint density at radius 1 is 1.22 bits per heavy atom. The van der Waals surface area contributed by atoms with Crippen molar-refractivity contribution in [3.05, 3.63) is 78.0 Å². The summed E-state index contributed by atoms with van der Waals surface area (Å²) in [5.74, 6) is -0.845. The number of benzene rings is 1. The number of carbonyl (C=O) groups is 1. The number of carboxylic acid groups (broad SMARTS) is 1. The number of aromatic nitrogens is 1. The van der Waals surface area contributed by atoms with Gasteiger partial charge in [-0.1, -0.05) is 54.6 Å². The molecule has 0 unspecified atom stereocenters. The molecule has 2 aromatic rings. The highest BCUT2D eigenvalue weighted by Crippen LogP contribution is 2.14. The van der Waals surface area contributed by atoms with E-state index in [1.807, 2.05) is 37.3 Å². The van der Waals surface area contributed by atoms with Crippen LogP contribution in [0.5, 0.6) is 0 Å². The molecular formula is C20H21NO2. The summed E-state index contributed by atoms with van der Waals surface area (Å²) in [6, 6.07) is 12.2. The topological polar surface area (TPSA) is 50.2 Å². The fourth-order valence-electron chi connectivity index (χ4n) is 2.28. The van der Waals surface area contributed by atoms with Crippen LogP contribution in [0, 0.1) is 0 Å². The molecule has 0 atom stereocenters. The van der Waals surface area contributed by atoms with Gasteiger partial charge < -0.3 is 5.11 Å². The zero-order valence-electron chi connectivity index (χ0n) is 13.3. The van der Waals surface area contributed by atoms with Gasteiger partial charge in [-0.05, 0) is 37.5 Å². The van der Waals surface area contributed by atoms with E-state index >= 15 is 0 Å². The van der Waals surface area contributed by atoms with Gasteiger partial charge in [0.05, 0.1) is 11.9 Å². The SMILES string of the molecule is C=C/C(=C\C=C(/C)CCc1ccc2ccccc2n1)CC(=O)O. The molecule has 0 spiro atoms. The number of para-hydroxylation sites is 1. The molecule has 0 radical (unpaired) electrons. The highest BCUT2D eigenvalue weighted by molar-refractivity contribution is 5.78. The Labute approximate surface area is 136 Å². The second-order valence-corrected chi connectivity index (χ2v) is 5.52. The van der Waals surface area contributed by atoms with Crippen molar-refractivity contribution >= 4 is 16.9 Å². The number of allylic oxidation sites excluding steroid dienone is 4. The lowest BCUT2D eigenvalue weighted by Gasteiger charge is -2.03. The standard InChI is InChI=1S/C20H21NO2/c1-3-16(14-20(22)23)10-8-15(2)9-12-18-13-11-17-6-4-5-7-19(17)21-18/h3-8,10-11,13H,1,9,12,14H2,2H3,(H,22,23)/b15-8+,16-10+. The van der Waals surface area contributed by atoms with E-state index in [0.29, 0.717) is 5.57 Å². The van der Waals surface area contributed by atoms with Gasteiger partial charge in [0.15, 0.2) is 0 Å². The average molecular weight is 307 g/mol. The summed E-state index contributed by atoms with van der Waals surface area (Å²) in [5.41, 5.74) is 3.97. The molecule has 1 N–H and O–H groups in total. The molecule has 0 aliphatic rings. The second kappa shape index (κ2) is 8.08. The summed E-state index contributed by atoms with van der Waals surface area (Å²) in [7, 11) is 0. The molecule has 1 aromatic carbocycles. The third-order valence-electron chi connectivity index (χ3n) is 3.63. The Bertz CT molecular complexity index is 772. The summed E-state index contributed by atoms with van der Waals surface area (Å²) in [4.78, 5) is 15.4. The number of hydrogen-bond acceptors (Lipinski definition) is 2. The lowest BCUT2D eigenvalue weighted by Crippen LogP contribution is -1.95. The molecule has 23 heavy (non-hydrogen) atoms. The minimum Gasteiger partial charge on any atom is -0.481 e. The van der Waals surface area contributed by atoms with Gasteiger partial charge in [-0.15, -0.1) is 0 Å². The summed E-state index contributed by atoms with van der Waals surface area (Å²) < 4.78 is 0. The van der Waals surface area contributed by atoms with Crippen molar-refractivity contribution in [1.82, 2.24) is 4.98 Å². The number of rotatable bonds is 7. The number of nitrogens with zero attached hydrogens (tertiary/aromatic N) is 1. The molecule has 1 aromatic heterocycles. The molecular weight excluding hydrogens is 286 g/mol. The maximum Gasteiger partial charge on any atom is 0.307 e. The second-order valence-electron chi connectivity index (χ2n) is 5.52. The molecule has 0 aliphatic carbocycles. The van der Waals surface area contributed by atoms with Crippen LogP contribution in [0.15, 0.2) is 72.4 Å². The zero-order chi connectivity index (χ0) is 16.7. The Kier molecular flexibility index (Phi) is 5.87. The highest BCUT2D eigenvalue weighted by atomic mass is 16.4. The van der Waals surface area contributed by atoms with Crippen LogP contribution < -0.4 is 0 Å². The normalized spacial score (nSPS) is 12.4. The van der Waals surface area contributed by atoms with Crippen molar-refractivity contribution in [3.8, 4) is 0 Å². The van der Waals surface area contributed by atoms with E-state index in [4.69, 9.17) is 5.11 Å². The van der Waals surface area contributed by atoms with Crippen LogP contribution in [-0.2, 0) is 11.2 Å². The zero-order valence-corrected chi connectivity index (χ0v) is 13.3. The monoisotopic (exact) mass is 307 g/mol. The molecule has 1 heterocycles. The van der Waals surface area contributed by atoms with E-state index < -0.39 is 5.97 Å². The van der Waals surface area contributed by atoms with Gasteiger partial charge in [0, 0.05) is 11.1 Å². The number of pyridine rings is 1. The quantitative estimate of drug-likeness (QED) is 0.754. The molecule has 0 bridgehead atoms. The minimum absolute atomic E-state index is 0.000486. The molecule has 118 valence electrons. The lowest BCUT2D eigenvalue weighted by atomic mass is 10.1.